The molecule has 16 heavy (non-hydrogen) atoms. The summed E-state index contributed by atoms with van der Waals surface area (Å²) in [6, 6.07) is 25.0. The van der Waals surface area contributed by atoms with Crippen LogP contribution in [-0.4, -0.2) is 17.4 Å². The molecular weight excluding hydrogens is 243 g/mol. The summed E-state index contributed by atoms with van der Waals surface area (Å²) in [6.45, 7) is 5.00. The molecule has 2 rings (SSSR count). The minimum Gasteiger partial charge on any atom is -0.346 e. The molecular formula is C14H15AlTi. The van der Waals surface area contributed by atoms with Gasteiger partial charge in [-0.15, -0.1) is 0 Å². The van der Waals surface area contributed by atoms with Crippen molar-refractivity contribution in [2.24, 2.45) is 0 Å². The van der Waals surface area contributed by atoms with Crippen molar-refractivity contribution in [3.63, 3.8) is 0 Å². The zero-order valence-electron chi connectivity index (χ0n) is 9.56. The average molecular weight is 258 g/mol. The van der Waals surface area contributed by atoms with E-state index in [2.05, 4.69) is 19.1 Å². The van der Waals surface area contributed by atoms with E-state index in [9.17, 15) is 0 Å². The zero-order valence-corrected chi connectivity index (χ0v) is 12.3. The van der Waals surface area contributed by atoms with Crippen molar-refractivity contribution >= 4 is 17.4 Å². The van der Waals surface area contributed by atoms with Crippen LogP contribution in [0.5, 0.6) is 0 Å². The van der Waals surface area contributed by atoms with Crippen LogP contribution in [0.2, 0.25) is 0 Å². The van der Waals surface area contributed by atoms with Crippen molar-refractivity contribution in [2.75, 3.05) is 0 Å². The molecule has 0 spiro atoms. The maximum atomic E-state index is 3.25. The standard InChI is InChI=1S/2C6H5.C2H5.Al.Ti/c2*1-2-4-6-5-3-1;1-2;;/h2*1-5H;1H2,2H3;;/q3*-1;;+3. The molecule has 0 fully saturated rings. The van der Waals surface area contributed by atoms with E-state index in [0.717, 1.165) is 0 Å². The van der Waals surface area contributed by atoms with Crippen LogP contribution >= 0.6 is 0 Å². The molecule has 2 aromatic rings. The topological polar surface area (TPSA) is 0 Å². The fourth-order valence-corrected chi connectivity index (χ4v) is 0.684. The van der Waals surface area contributed by atoms with Gasteiger partial charge in [0.15, 0.2) is 0 Å². The summed E-state index contributed by atoms with van der Waals surface area (Å²) in [5.41, 5.74) is 0. The van der Waals surface area contributed by atoms with E-state index in [-0.39, 0.29) is 39.1 Å². The Morgan fingerprint density at radius 1 is 0.625 bits per heavy atom. The van der Waals surface area contributed by atoms with Crippen LogP contribution in [0.4, 0.5) is 0 Å². The predicted molar refractivity (Wildman–Crippen MR) is 67.3 cm³/mol. The van der Waals surface area contributed by atoms with E-state index >= 15 is 0 Å². The first kappa shape index (κ1) is 21.0. The minimum atomic E-state index is 0. The van der Waals surface area contributed by atoms with Crippen LogP contribution in [0.1, 0.15) is 6.92 Å². The Morgan fingerprint density at radius 2 is 0.875 bits per heavy atom. The summed E-state index contributed by atoms with van der Waals surface area (Å²) < 4.78 is 0. The fourth-order valence-electron chi connectivity index (χ4n) is 0.684. The zero-order chi connectivity index (χ0) is 10.5. The summed E-state index contributed by atoms with van der Waals surface area (Å²) in [4.78, 5) is 0. The molecule has 2 heteroatoms. The second-order valence-corrected chi connectivity index (χ2v) is 2.15. The number of rotatable bonds is 0. The van der Waals surface area contributed by atoms with Crippen molar-refractivity contribution < 1.29 is 21.7 Å². The average Bonchev–Trinajstić information content (AvgIpc) is 2.37. The van der Waals surface area contributed by atoms with Crippen LogP contribution < -0.4 is 0 Å². The second-order valence-electron chi connectivity index (χ2n) is 2.15. The molecule has 0 nitrogen and oxygen atoms in total. The van der Waals surface area contributed by atoms with E-state index in [0.29, 0.717) is 0 Å². The predicted octanol–water partition coefficient (Wildman–Crippen LogP) is 3.43. The van der Waals surface area contributed by atoms with Crippen molar-refractivity contribution in [1.29, 1.82) is 0 Å². The number of benzene rings is 2. The van der Waals surface area contributed by atoms with E-state index in [1.54, 1.807) is 6.92 Å². The van der Waals surface area contributed by atoms with Gasteiger partial charge in [0.1, 0.15) is 0 Å². The first-order valence-corrected chi connectivity index (χ1v) is 4.53. The maximum Gasteiger partial charge on any atom is 3.00 e. The first-order valence-electron chi connectivity index (χ1n) is 4.53. The summed E-state index contributed by atoms with van der Waals surface area (Å²) >= 11 is 0. The summed E-state index contributed by atoms with van der Waals surface area (Å²) in [5, 5.41) is 0. The molecule has 0 saturated carbocycles. The molecule has 4 radical (unpaired) electrons. The Labute approximate surface area is 125 Å². The van der Waals surface area contributed by atoms with Gasteiger partial charge in [-0.3, -0.25) is 0 Å². The van der Waals surface area contributed by atoms with Gasteiger partial charge in [0.2, 0.25) is 0 Å². The summed E-state index contributed by atoms with van der Waals surface area (Å²) in [6.07, 6.45) is 0. The molecule has 0 aliphatic rings. The molecule has 0 aliphatic carbocycles. The minimum absolute atomic E-state index is 0. The van der Waals surface area contributed by atoms with Crippen molar-refractivity contribution in [3.8, 4) is 0 Å². The van der Waals surface area contributed by atoms with Gasteiger partial charge >= 0.3 is 21.7 Å². The molecule has 0 amide bonds. The van der Waals surface area contributed by atoms with Gasteiger partial charge in [0.25, 0.3) is 0 Å². The summed E-state index contributed by atoms with van der Waals surface area (Å²) in [7, 11) is 0. The second kappa shape index (κ2) is 20.1. The molecule has 0 saturated heterocycles. The molecule has 0 heterocycles. The van der Waals surface area contributed by atoms with Gasteiger partial charge in [-0.1, -0.05) is 0 Å². The molecule has 2 aromatic carbocycles. The van der Waals surface area contributed by atoms with E-state index in [1.165, 1.54) is 0 Å². The van der Waals surface area contributed by atoms with Crippen LogP contribution in [-0.2, 0) is 21.7 Å². The molecule has 0 N–H and O–H groups in total. The fraction of sp³-hybridized carbons (Fsp3) is 0.0714. The van der Waals surface area contributed by atoms with Gasteiger partial charge < -0.3 is 6.92 Å². The third kappa shape index (κ3) is 16.1. The van der Waals surface area contributed by atoms with Crippen LogP contribution in [0.25, 0.3) is 0 Å². The van der Waals surface area contributed by atoms with Gasteiger partial charge in [0, 0.05) is 17.4 Å². The third-order valence-electron chi connectivity index (χ3n) is 1.21. The van der Waals surface area contributed by atoms with Crippen LogP contribution in [0.15, 0.2) is 60.7 Å². The Hall–Kier alpha value is -0.313. The van der Waals surface area contributed by atoms with Crippen molar-refractivity contribution in [1.82, 2.24) is 0 Å². The molecule has 0 unspecified atom stereocenters. The Morgan fingerprint density at radius 3 is 0.938 bits per heavy atom. The summed E-state index contributed by atoms with van der Waals surface area (Å²) in [5.74, 6) is 0. The number of hydrogen-bond acceptors (Lipinski definition) is 0. The smallest absolute Gasteiger partial charge is 0.346 e. The Balaban J connectivity index is -0.000000165. The van der Waals surface area contributed by atoms with Gasteiger partial charge in [0.05, 0.1) is 0 Å². The van der Waals surface area contributed by atoms with E-state index in [4.69, 9.17) is 0 Å². The van der Waals surface area contributed by atoms with Crippen molar-refractivity contribution in [3.05, 3.63) is 79.7 Å². The SMILES string of the molecule is [Al].[CH2-]C.[Ti+3].[c-]1ccccc1.[c-]1ccccc1. The van der Waals surface area contributed by atoms with Gasteiger partial charge in [-0.2, -0.15) is 79.7 Å². The molecule has 0 aromatic heterocycles. The van der Waals surface area contributed by atoms with Crippen LogP contribution in [0.3, 0.4) is 0 Å². The first-order chi connectivity index (χ1) is 7.00. The molecule has 0 aliphatic heterocycles. The Bertz CT molecular complexity index is 186. The quantitative estimate of drug-likeness (QED) is 0.501. The molecule has 78 valence electrons. The normalized spacial score (nSPS) is 6.38. The van der Waals surface area contributed by atoms with Gasteiger partial charge in [-0.05, 0) is 0 Å². The van der Waals surface area contributed by atoms with E-state index < -0.39 is 0 Å². The van der Waals surface area contributed by atoms with Gasteiger partial charge in [-0.25, -0.2) is 0 Å². The Kier molecular flexibility index (Phi) is 26.5. The van der Waals surface area contributed by atoms with Crippen molar-refractivity contribution in [2.45, 2.75) is 6.92 Å². The monoisotopic (exact) mass is 258 g/mol. The van der Waals surface area contributed by atoms with Crippen LogP contribution in [0, 0.1) is 19.1 Å². The molecule has 0 atom stereocenters. The van der Waals surface area contributed by atoms with E-state index in [1.807, 2.05) is 60.7 Å². The maximum absolute atomic E-state index is 3.25. The molecule has 0 bridgehead atoms. The third-order valence-corrected chi connectivity index (χ3v) is 1.21. The largest absolute Gasteiger partial charge is 3.00 e. The number of hydrogen-bond donors (Lipinski definition) is 0.